The third-order valence-corrected chi connectivity index (χ3v) is 4.73. The Morgan fingerprint density at radius 3 is 2.95 bits per heavy atom. The molecule has 2 aliphatic rings. The van der Waals surface area contributed by atoms with E-state index in [1.165, 1.54) is 24.2 Å². The molecule has 0 spiro atoms. The van der Waals surface area contributed by atoms with E-state index in [2.05, 4.69) is 15.6 Å². The Labute approximate surface area is 116 Å². The lowest BCUT2D eigenvalue weighted by molar-refractivity contribution is 0.125. The summed E-state index contributed by atoms with van der Waals surface area (Å²) in [4.78, 5) is 15.7. The Morgan fingerprint density at radius 2 is 2.26 bits per heavy atom. The summed E-state index contributed by atoms with van der Waals surface area (Å²) in [5.41, 5.74) is 2.64. The van der Waals surface area contributed by atoms with Gasteiger partial charge in [-0.25, -0.2) is 9.78 Å². The first kappa shape index (κ1) is 12.9. The molecule has 5 nitrogen and oxygen atoms in total. The number of hydrogen-bond donors (Lipinski definition) is 2. The molecule has 1 aliphatic heterocycles. The molecule has 0 bridgehead atoms. The molecule has 0 aromatic carbocycles. The fourth-order valence-electron chi connectivity index (χ4n) is 3.16. The van der Waals surface area contributed by atoms with Crippen LogP contribution in [0.15, 0.2) is 10.9 Å². The van der Waals surface area contributed by atoms with Gasteiger partial charge in [-0.1, -0.05) is 0 Å². The van der Waals surface area contributed by atoms with Gasteiger partial charge in [0.2, 0.25) is 0 Å². The summed E-state index contributed by atoms with van der Waals surface area (Å²) in [6.45, 7) is 3.27. The maximum Gasteiger partial charge on any atom is 0.407 e. The van der Waals surface area contributed by atoms with Crippen molar-refractivity contribution in [2.75, 3.05) is 19.7 Å². The number of hydrogen-bond acceptors (Lipinski definition) is 5. The van der Waals surface area contributed by atoms with Gasteiger partial charge in [0.25, 0.3) is 0 Å². The molecular weight excluding hydrogens is 262 g/mol. The van der Waals surface area contributed by atoms with Crippen LogP contribution in [-0.4, -0.2) is 30.8 Å². The van der Waals surface area contributed by atoms with Gasteiger partial charge in [0, 0.05) is 5.38 Å². The third kappa shape index (κ3) is 3.25. The Bertz CT molecular complexity index is 412. The molecule has 104 valence electrons. The van der Waals surface area contributed by atoms with Gasteiger partial charge < -0.3 is 15.4 Å². The third-order valence-electron chi connectivity index (χ3n) is 4.10. The molecule has 19 heavy (non-hydrogen) atoms. The van der Waals surface area contributed by atoms with Crippen molar-refractivity contribution in [2.24, 2.45) is 17.8 Å². The van der Waals surface area contributed by atoms with E-state index in [-0.39, 0.29) is 6.09 Å². The van der Waals surface area contributed by atoms with Crippen LogP contribution in [-0.2, 0) is 11.3 Å². The first-order valence-electron chi connectivity index (χ1n) is 6.79. The molecule has 1 saturated heterocycles. The summed E-state index contributed by atoms with van der Waals surface area (Å²) in [5, 5.41) is 8.07. The molecule has 0 radical (unpaired) electrons. The Hall–Kier alpha value is -1.14. The second-order valence-corrected chi connectivity index (χ2v) is 6.17. The topological polar surface area (TPSA) is 63.2 Å². The molecule has 2 N–H and O–H groups in total. The van der Waals surface area contributed by atoms with Gasteiger partial charge in [0.1, 0.15) is 0 Å². The Balaban J connectivity index is 1.35. The highest BCUT2D eigenvalue weighted by Crippen LogP contribution is 2.38. The van der Waals surface area contributed by atoms with Crippen molar-refractivity contribution in [3.8, 4) is 0 Å². The number of nitrogens with one attached hydrogen (secondary N) is 2. The van der Waals surface area contributed by atoms with Crippen LogP contribution in [0.3, 0.4) is 0 Å². The quantitative estimate of drug-likeness (QED) is 0.880. The van der Waals surface area contributed by atoms with Crippen molar-refractivity contribution in [1.82, 2.24) is 15.6 Å². The van der Waals surface area contributed by atoms with Crippen molar-refractivity contribution in [3.05, 3.63) is 16.6 Å². The predicted octanol–water partition coefficient (Wildman–Crippen LogP) is 1.61. The highest BCUT2D eigenvalue weighted by molar-refractivity contribution is 7.07. The van der Waals surface area contributed by atoms with Gasteiger partial charge in [0.05, 0.1) is 24.4 Å². The molecular formula is C13H19N3O2S. The van der Waals surface area contributed by atoms with Crippen LogP contribution in [0.5, 0.6) is 0 Å². The van der Waals surface area contributed by atoms with Crippen LogP contribution in [0.1, 0.15) is 18.5 Å². The van der Waals surface area contributed by atoms with Crippen LogP contribution >= 0.6 is 11.3 Å². The molecule has 1 aromatic heterocycles. The van der Waals surface area contributed by atoms with Gasteiger partial charge in [-0.05, 0) is 43.7 Å². The highest BCUT2D eigenvalue weighted by atomic mass is 32.1. The van der Waals surface area contributed by atoms with Crippen LogP contribution in [0.4, 0.5) is 4.79 Å². The van der Waals surface area contributed by atoms with E-state index < -0.39 is 0 Å². The van der Waals surface area contributed by atoms with Crippen LogP contribution in [0.25, 0.3) is 0 Å². The predicted molar refractivity (Wildman–Crippen MR) is 72.9 cm³/mol. The molecule has 1 aromatic rings. The Kier molecular flexibility index (Phi) is 3.98. The van der Waals surface area contributed by atoms with Gasteiger partial charge in [-0.15, -0.1) is 11.3 Å². The molecule has 2 atom stereocenters. The summed E-state index contributed by atoms with van der Waals surface area (Å²) in [7, 11) is 0. The van der Waals surface area contributed by atoms with Crippen molar-refractivity contribution in [3.63, 3.8) is 0 Å². The summed E-state index contributed by atoms with van der Waals surface area (Å²) < 4.78 is 5.29. The van der Waals surface area contributed by atoms with E-state index in [4.69, 9.17) is 4.74 Å². The molecule has 1 saturated carbocycles. The Morgan fingerprint density at radius 1 is 1.47 bits per heavy atom. The number of alkyl carbamates (subject to hydrolysis) is 1. The molecule has 6 heteroatoms. The SMILES string of the molecule is O=C(NCc1cscn1)OCC1CC2CNCC2C1. The minimum Gasteiger partial charge on any atom is -0.449 e. The number of fused-ring (bicyclic) bond motifs is 1. The fraction of sp³-hybridized carbons (Fsp3) is 0.692. The van der Waals surface area contributed by atoms with Crippen molar-refractivity contribution >= 4 is 17.4 Å². The van der Waals surface area contributed by atoms with Gasteiger partial charge in [-0.3, -0.25) is 0 Å². The summed E-state index contributed by atoms with van der Waals surface area (Å²) in [6, 6.07) is 0. The van der Waals surface area contributed by atoms with Crippen molar-refractivity contribution in [2.45, 2.75) is 19.4 Å². The number of aromatic nitrogens is 1. The van der Waals surface area contributed by atoms with Crippen LogP contribution in [0.2, 0.25) is 0 Å². The number of thiazole rings is 1. The minimum absolute atomic E-state index is 0.330. The molecule has 3 rings (SSSR count). The largest absolute Gasteiger partial charge is 0.449 e. The lowest BCUT2D eigenvalue weighted by atomic mass is 10.0. The van der Waals surface area contributed by atoms with E-state index in [9.17, 15) is 4.79 Å². The number of amides is 1. The number of carbonyl (C=O) groups is 1. The number of carbonyl (C=O) groups excluding carboxylic acids is 1. The fourth-order valence-corrected chi connectivity index (χ4v) is 3.72. The zero-order valence-electron chi connectivity index (χ0n) is 10.8. The number of rotatable bonds is 4. The average Bonchev–Trinajstić information content (AvgIpc) is 3.09. The maximum absolute atomic E-state index is 11.6. The van der Waals surface area contributed by atoms with E-state index >= 15 is 0 Å². The van der Waals surface area contributed by atoms with E-state index in [1.54, 1.807) is 5.51 Å². The van der Waals surface area contributed by atoms with Gasteiger partial charge in [-0.2, -0.15) is 0 Å². The second-order valence-electron chi connectivity index (χ2n) is 5.45. The second kappa shape index (κ2) is 5.88. The van der Waals surface area contributed by atoms with Crippen LogP contribution < -0.4 is 10.6 Å². The van der Waals surface area contributed by atoms with Crippen molar-refractivity contribution in [1.29, 1.82) is 0 Å². The monoisotopic (exact) mass is 281 g/mol. The van der Waals surface area contributed by atoms with Crippen molar-refractivity contribution < 1.29 is 9.53 Å². The average molecular weight is 281 g/mol. The summed E-state index contributed by atoms with van der Waals surface area (Å²) in [6.07, 6.45) is 2.05. The van der Waals surface area contributed by atoms with E-state index in [1.807, 2.05) is 5.38 Å². The first-order valence-corrected chi connectivity index (χ1v) is 7.74. The number of nitrogens with zero attached hydrogens (tertiary/aromatic N) is 1. The molecule has 1 amide bonds. The zero-order chi connectivity index (χ0) is 13.1. The zero-order valence-corrected chi connectivity index (χ0v) is 11.6. The van der Waals surface area contributed by atoms with E-state index in [0.29, 0.717) is 19.1 Å². The summed E-state index contributed by atoms with van der Waals surface area (Å²) >= 11 is 1.53. The molecule has 2 fully saturated rings. The first-order chi connectivity index (χ1) is 9.31. The standard InChI is InChI=1S/C13H19N3O2S/c17-13(15-5-12-7-19-8-16-12)18-6-9-1-10-3-14-4-11(10)2-9/h7-11,14H,1-6H2,(H,15,17). The van der Waals surface area contributed by atoms with Gasteiger partial charge >= 0.3 is 6.09 Å². The lowest BCUT2D eigenvalue weighted by Crippen LogP contribution is -2.26. The van der Waals surface area contributed by atoms with Crippen LogP contribution in [0, 0.1) is 17.8 Å². The molecule has 2 unspecified atom stereocenters. The highest BCUT2D eigenvalue weighted by Gasteiger charge is 2.37. The normalized spacial score (nSPS) is 29.2. The van der Waals surface area contributed by atoms with E-state index in [0.717, 1.165) is 30.6 Å². The summed E-state index contributed by atoms with van der Waals surface area (Å²) in [5.74, 6) is 2.14. The minimum atomic E-state index is -0.330. The smallest absolute Gasteiger partial charge is 0.407 e. The van der Waals surface area contributed by atoms with Gasteiger partial charge in [0.15, 0.2) is 0 Å². The molecule has 2 heterocycles. The lowest BCUT2D eigenvalue weighted by Gasteiger charge is -2.12. The number of ether oxygens (including phenoxy) is 1. The maximum atomic E-state index is 11.6. The molecule has 1 aliphatic carbocycles.